The SMILES string of the molecule is Cc1nnsc1C(=O)N1CCN(C2CCc3ccccc3C2)CC1. The molecule has 6 heteroatoms. The van der Waals surface area contributed by atoms with Crippen LogP contribution in [0.1, 0.15) is 32.9 Å². The van der Waals surface area contributed by atoms with E-state index in [2.05, 4.69) is 38.8 Å². The molecule has 0 spiro atoms. The van der Waals surface area contributed by atoms with Crippen LogP contribution in [0.2, 0.25) is 0 Å². The fourth-order valence-electron chi connectivity index (χ4n) is 3.85. The van der Waals surface area contributed by atoms with Crippen LogP contribution in [-0.2, 0) is 12.8 Å². The van der Waals surface area contributed by atoms with Crippen molar-refractivity contribution in [3.8, 4) is 0 Å². The number of fused-ring (bicyclic) bond motifs is 1. The van der Waals surface area contributed by atoms with Gasteiger partial charge in [-0.1, -0.05) is 28.8 Å². The van der Waals surface area contributed by atoms with Crippen LogP contribution in [-0.4, -0.2) is 57.5 Å². The lowest BCUT2D eigenvalue weighted by Gasteiger charge is -2.41. The third-order valence-corrected chi connectivity index (χ3v) is 6.10. The van der Waals surface area contributed by atoms with Crippen molar-refractivity contribution in [2.24, 2.45) is 0 Å². The van der Waals surface area contributed by atoms with Gasteiger partial charge in [-0.2, -0.15) is 0 Å². The normalized spacial score (nSPS) is 21.5. The Balaban J connectivity index is 1.37. The van der Waals surface area contributed by atoms with E-state index in [9.17, 15) is 4.79 Å². The Morgan fingerprint density at radius 1 is 1.17 bits per heavy atom. The van der Waals surface area contributed by atoms with Crippen LogP contribution in [0.25, 0.3) is 0 Å². The summed E-state index contributed by atoms with van der Waals surface area (Å²) in [6.07, 6.45) is 3.54. The molecular formula is C18H22N4OS. The summed E-state index contributed by atoms with van der Waals surface area (Å²) >= 11 is 1.21. The zero-order valence-corrected chi connectivity index (χ0v) is 14.8. The molecule has 0 bridgehead atoms. The number of rotatable bonds is 2. The minimum Gasteiger partial charge on any atom is -0.335 e. The maximum absolute atomic E-state index is 12.6. The van der Waals surface area contributed by atoms with Crippen molar-refractivity contribution >= 4 is 17.4 Å². The molecule has 1 atom stereocenters. The quantitative estimate of drug-likeness (QED) is 0.839. The molecule has 2 heterocycles. The Labute approximate surface area is 146 Å². The van der Waals surface area contributed by atoms with Crippen LogP contribution >= 0.6 is 11.5 Å². The first-order valence-corrected chi connectivity index (χ1v) is 9.39. The van der Waals surface area contributed by atoms with Gasteiger partial charge in [-0.15, -0.1) is 5.10 Å². The van der Waals surface area contributed by atoms with E-state index in [1.165, 1.54) is 35.5 Å². The second-order valence-electron chi connectivity index (χ2n) is 6.68. The number of nitrogens with zero attached hydrogens (tertiary/aromatic N) is 4. The van der Waals surface area contributed by atoms with E-state index in [0.29, 0.717) is 10.9 Å². The fraction of sp³-hybridized carbons (Fsp3) is 0.500. The van der Waals surface area contributed by atoms with Crippen LogP contribution in [0.15, 0.2) is 24.3 Å². The van der Waals surface area contributed by atoms with Gasteiger partial charge in [0.2, 0.25) is 0 Å². The van der Waals surface area contributed by atoms with Gasteiger partial charge in [-0.05, 0) is 48.8 Å². The van der Waals surface area contributed by atoms with E-state index in [0.717, 1.165) is 38.3 Å². The van der Waals surface area contributed by atoms with Crippen molar-refractivity contribution in [2.45, 2.75) is 32.2 Å². The largest absolute Gasteiger partial charge is 0.335 e. The minimum atomic E-state index is 0.0936. The third-order valence-electron chi connectivity index (χ3n) is 5.28. The summed E-state index contributed by atoms with van der Waals surface area (Å²) < 4.78 is 3.88. The highest BCUT2D eigenvalue weighted by Crippen LogP contribution is 2.25. The number of hydrogen-bond donors (Lipinski definition) is 0. The average molecular weight is 342 g/mol. The predicted octanol–water partition coefficient (Wildman–Crippen LogP) is 2.16. The second-order valence-corrected chi connectivity index (χ2v) is 7.44. The summed E-state index contributed by atoms with van der Waals surface area (Å²) in [7, 11) is 0. The standard InChI is InChI=1S/C18H22N4OS/c1-13-17(24-20-19-13)18(23)22-10-8-21(9-11-22)16-7-6-14-4-2-3-5-15(14)12-16/h2-5,16H,6-12H2,1H3. The summed E-state index contributed by atoms with van der Waals surface area (Å²) in [5.41, 5.74) is 3.76. The molecule has 4 rings (SSSR count). The number of hydrogen-bond acceptors (Lipinski definition) is 5. The van der Waals surface area contributed by atoms with Crippen molar-refractivity contribution < 1.29 is 4.79 Å². The summed E-state index contributed by atoms with van der Waals surface area (Å²) in [6, 6.07) is 9.42. The van der Waals surface area contributed by atoms with E-state index in [4.69, 9.17) is 0 Å². The fourth-order valence-corrected chi connectivity index (χ4v) is 4.48. The highest BCUT2D eigenvalue weighted by molar-refractivity contribution is 7.07. The van der Waals surface area contributed by atoms with Crippen molar-refractivity contribution in [1.29, 1.82) is 0 Å². The summed E-state index contributed by atoms with van der Waals surface area (Å²) in [5, 5.41) is 3.95. The molecule has 1 aromatic carbocycles. The first-order valence-electron chi connectivity index (χ1n) is 8.61. The molecule has 1 aromatic heterocycles. The van der Waals surface area contributed by atoms with Gasteiger partial charge in [0.05, 0.1) is 5.69 Å². The zero-order valence-electron chi connectivity index (χ0n) is 13.9. The molecular weight excluding hydrogens is 320 g/mol. The number of amides is 1. The van der Waals surface area contributed by atoms with E-state index >= 15 is 0 Å². The van der Waals surface area contributed by atoms with E-state index < -0.39 is 0 Å². The van der Waals surface area contributed by atoms with Gasteiger partial charge in [0.15, 0.2) is 0 Å². The van der Waals surface area contributed by atoms with E-state index in [1.54, 1.807) is 0 Å². The maximum Gasteiger partial charge on any atom is 0.267 e. The Kier molecular flexibility index (Phi) is 4.33. The van der Waals surface area contributed by atoms with Gasteiger partial charge < -0.3 is 4.90 Å². The minimum absolute atomic E-state index is 0.0936. The van der Waals surface area contributed by atoms with E-state index in [1.807, 2.05) is 11.8 Å². The smallest absolute Gasteiger partial charge is 0.267 e. The van der Waals surface area contributed by atoms with Crippen LogP contribution in [0, 0.1) is 6.92 Å². The molecule has 1 fully saturated rings. The molecule has 0 N–H and O–H groups in total. The van der Waals surface area contributed by atoms with Crippen LogP contribution in [0.5, 0.6) is 0 Å². The molecule has 1 unspecified atom stereocenters. The van der Waals surface area contributed by atoms with Gasteiger partial charge in [0.1, 0.15) is 4.88 Å². The molecule has 5 nitrogen and oxygen atoms in total. The van der Waals surface area contributed by atoms with Crippen LogP contribution < -0.4 is 0 Å². The molecule has 1 saturated heterocycles. The van der Waals surface area contributed by atoms with Gasteiger partial charge in [-0.3, -0.25) is 9.69 Å². The molecule has 24 heavy (non-hydrogen) atoms. The lowest BCUT2D eigenvalue weighted by Crippen LogP contribution is -2.53. The topological polar surface area (TPSA) is 49.3 Å². The molecule has 1 aliphatic heterocycles. The second kappa shape index (κ2) is 6.61. The highest BCUT2D eigenvalue weighted by atomic mass is 32.1. The lowest BCUT2D eigenvalue weighted by atomic mass is 9.87. The predicted molar refractivity (Wildman–Crippen MR) is 94.4 cm³/mol. The first-order chi connectivity index (χ1) is 11.7. The number of piperazine rings is 1. The van der Waals surface area contributed by atoms with E-state index in [-0.39, 0.29) is 5.91 Å². The highest BCUT2D eigenvalue weighted by Gasteiger charge is 2.30. The van der Waals surface area contributed by atoms with Crippen molar-refractivity contribution in [3.05, 3.63) is 46.0 Å². The maximum atomic E-state index is 12.6. The zero-order chi connectivity index (χ0) is 16.5. The Morgan fingerprint density at radius 3 is 2.62 bits per heavy atom. The van der Waals surface area contributed by atoms with Gasteiger partial charge in [-0.25, -0.2) is 0 Å². The Bertz CT molecular complexity index is 736. The van der Waals surface area contributed by atoms with Crippen molar-refractivity contribution in [3.63, 3.8) is 0 Å². The average Bonchev–Trinajstić information content (AvgIpc) is 3.07. The summed E-state index contributed by atoms with van der Waals surface area (Å²) in [5.74, 6) is 0.0936. The number of carbonyl (C=O) groups is 1. The number of aromatic nitrogens is 2. The molecule has 0 radical (unpaired) electrons. The molecule has 1 amide bonds. The van der Waals surface area contributed by atoms with Gasteiger partial charge in [0, 0.05) is 32.2 Å². The summed E-state index contributed by atoms with van der Waals surface area (Å²) in [4.78, 5) is 17.8. The molecule has 2 aliphatic rings. The number of benzene rings is 1. The monoisotopic (exact) mass is 342 g/mol. The lowest BCUT2D eigenvalue weighted by molar-refractivity contribution is 0.0556. The summed E-state index contributed by atoms with van der Waals surface area (Å²) in [6.45, 7) is 5.38. The molecule has 126 valence electrons. The first kappa shape index (κ1) is 15.7. The van der Waals surface area contributed by atoms with Crippen molar-refractivity contribution in [1.82, 2.24) is 19.4 Å². The van der Waals surface area contributed by atoms with Gasteiger partial charge >= 0.3 is 0 Å². The van der Waals surface area contributed by atoms with Crippen LogP contribution in [0.3, 0.4) is 0 Å². The molecule has 0 saturated carbocycles. The number of carbonyl (C=O) groups excluding carboxylic acids is 1. The molecule has 1 aliphatic carbocycles. The Hall–Kier alpha value is -1.79. The Morgan fingerprint density at radius 2 is 1.92 bits per heavy atom. The molecule has 2 aromatic rings. The van der Waals surface area contributed by atoms with Gasteiger partial charge in [0.25, 0.3) is 5.91 Å². The number of aryl methyl sites for hydroxylation is 2. The third kappa shape index (κ3) is 2.96. The van der Waals surface area contributed by atoms with Crippen molar-refractivity contribution in [2.75, 3.05) is 26.2 Å². The van der Waals surface area contributed by atoms with Crippen LogP contribution in [0.4, 0.5) is 0 Å².